The molecule has 0 bridgehead atoms. The van der Waals surface area contributed by atoms with Crippen LogP contribution < -0.4 is 5.32 Å². The van der Waals surface area contributed by atoms with Gasteiger partial charge in [-0.15, -0.1) is 0 Å². The molecule has 1 atom stereocenters. The average Bonchev–Trinajstić information content (AvgIpc) is 3.02. The van der Waals surface area contributed by atoms with Gasteiger partial charge in [0.05, 0.1) is 6.33 Å². The topological polar surface area (TPSA) is 50.1 Å². The fraction of sp³-hybridized carbons (Fsp3) is 0.357. The summed E-state index contributed by atoms with van der Waals surface area (Å²) < 4.78 is 2.20. The zero-order chi connectivity index (χ0) is 12.4. The Kier molecular flexibility index (Phi) is 3.02. The molecule has 2 heterocycles. The number of nitrogens with zero attached hydrogens (tertiary/aromatic N) is 2. The molecule has 1 fully saturated rings. The Morgan fingerprint density at radius 3 is 2.89 bits per heavy atom. The molecule has 2 aromatic rings. The standard InChI is InChI=1S/C14H17N3O/c18-13-3-1-11(2-4-13)9-17-10-16-8-14(17)12-5-6-15-7-12/h1-4,8,10,12,15,18H,5-7,9H2. The van der Waals surface area contributed by atoms with E-state index >= 15 is 0 Å². The van der Waals surface area contributed by atoms with E-state index in [9.17, 15) is 5.11 Å². The first-order valence-corrected chi connectivity index (χ1v) is 6.31. The molecule has 0 saturated carbocycles. The van der Waals surface area contributed by atoms with Crippen LogP contribution in [0, 0.1) is 0 Å². The minimum Gasteiger partial charge on any atom is -0.508 e. The molecule has 94 valence electrons. The molecule has 2 N–H and O–H groups in total. The number of aromatic nitrogens is 2. The summed E-state index contributed by atoms with van der Waals surface area (Å²) in [6, 6.07) is 7.35. The number of hydrogen-bond acceptors (Lipinski definition) is 3. The Hall–Kier alpha value is -1.81. The molecule has 1 aliphatic rings. The summed E-state index contributed by atoms with van der Waals surface area (Å²) in [6.45, 7) is 2.95. The van der Waals surface area contributed by atoms with Crippen LogP contribution in [-0.2, 0) is 6.54 Å². The van der Waals surface area contributed by atoms with E-state index < -0.39 is 0 Å². The van der Waals surface area contributed by atoms with Gasteiger partial charge in [0.15, 0.2) is 0 Å². The van der Waals surface area contributed by atoms with Gasteiger partial charge in [-0.05, 0) is 30.7 Å². The monoisotopic (exact) mass is 243 g/mol. The Morgan fingerprint density at radius 2 is 2.17 bits per heavy atom. The third kappa shape index (κ3) is 2.24. The highest BCUT2D eigenvalue weighted by molar-refractivity contribution is 5.26. The molecule has 0 spiro atoms. The maximum atomic E-state index is 9.28. The van der Waals surface area contributed by atoms with Gasteiger partial charge in [0.25, 0.3) is 0 Å². The van der Waals surface area contributed by atoms with Crippen LogP contribution in [0.2, 0.25) is 0 Å². The minimum atomic E-state index is 0.310. The first-order valence-electron chi connectivity index (χ1n) is 6.31. The van der Waals surface area contributed by atoms with Crippen LogP contribution >= 0.6 is 0 Å². The van der Waals surface area contributed by atoms with Crippen LogP contribution in [0.25, 0.3) is 0 Å². The Labute approximate surface area is 106 Å². The molecule has 0 aliphatic carbocycles. The van der Waals surface area contributed by atoms with Gasteiger partial charge in [-0.2, -0.15) is 0 Å². The summed E-state index contributed by atoms with van der Waals surface area (Å²) in [4.78, 5) is 4.27. The zero-order valence-corrected chi connectivity index (χ0v) is 10.2. The van der Waals surface area contributed by atoms with E-state index in [-0.39, 0.29) is 0 Å². The second kappa shape index (κ2) is 4.82. The van der Waals surface area contributed by atoms with Crippen LogP contribution in [0.15, 0.2) is 36.8 Å². The van der Waals surface area contributed by atoms with Crippen LogP contribution in [0.5, 0.6) is 5.75 Å². The zero-order valence-electron chi connectivity index (χ0n) is 10.2. The number of benzene rings is 1. The number of phenolic OH excluding ortho intramolecular Hbond substituents is 1. The summed E-state index contributed by atoms with van der Waals surface area (Å²) in [7, 11) is 0. The van der Waals surface area contributed by atoms with Crippen molar-refractivity contribution in [3.05, 3.63) is 48.0 Å². The number of rotatable bonds is 3. The highest BCUT2D eigenvalue weighted by Crippen LogP contribution is 2.22. The third-order valence-corrected chi connectivity index (χ3v) is 3.51. The van der Waals surface area contributed by atoms with E-state index in [1.54, 1.807) is 12.1 Å². The highest BCUT2D eigenvalue weighted by Gasteiger charge is 2.19. The van der Waals surface area contributed by atoms with E-state index in [4.69, 9.17) is 0 Å². The summed E-state index contributed by atoms with van der Waals surface area (Å²) in [6.07, 6.45) is 5.04. The molecular formula is C14H17N3O. The van der Waals surface area contributed by atoms with Gasteiger partial charge in [-0.3, -0.25) is 0 Å². The first-order chi connectivity index (χ1) is 8.83. The maximum absolute atomic E-state index is 9.28. The van der Waals surface area contributed by atoms with Crippen LogP contribution in [-0.4, -0.2) is 27.7 Å². The largest absolute Gasteiger partial charge is 0.508 e. The number of hydrogen-bond donors (Lipinski definition) is 2. The number of nitrogens with one attached hydrogen (secondary N) is 1. The van der Waals surface area contributed by atoms with Gasteiger partial charge >= 0.3 is 0 Å². The van der Waals surface area contributed by atoms with Gasteiger partial charge in [-0.25, -0.2) is 4.98 Å². The lowest BCUT2D eigenvalue weighted by Crippen LogP contribution is -2.12. The van der Waals surface area contributed by atoms with E-state index in [0.717, 1.165) is 19.6 Å². The van der Waals surface area contributed by atoms with E-state index in [1.165, 1.54) is 17.7 Å². The molecule has 4 nitrogen and oxygen atoms in total. The Bertz CT molecular complexity index is 512. The molecule has 3 rings (SSSR count). The Balaban J connectivity index is 1.80. The van der Waals surface area contributed by atoms with E-state index in [0.29, 0.717) is 11.7 Å². The maximum Gasteiger partial charge on any atom is 0.115 e. The third-order valence-electron chi connectivity index (χ3n) is 3.51. The molecule has 1 aromatic heterocycles. The highest BCUT2D eigenvalue weighted by atomic mass is 16.3. The molecular weight excluding hydrogens is 226 g/mol. The molecule has 1 aromatic carbocycles. The van der Waals surface area contributed by atoms with Crippen molar-refractivity contribution in [1.82, 2.24) is 14.9 Å². The first kappa shape index (κ1) is 11.3. The molecule has 18 heavy (non-hydrogen) atoms. The molecule has 4 heteroatoms. The summed E-state index contributed by atoms with van der Waals surface area (Å²) in [5.74, 6) is 0.884. The van der Waals surface area contributed by atoms with Crippen LogP contribution in [0.4, 0.5) is 0 Å². The lowest BCUT2D eigenvalue weighted by atomic mass is 10.1. The summed E-state index contributed by atoms with van der Waals surface area (Å²) in [5, 5.41) is 12.7. The Morgan fingerprint density at radius 1 is 1.33 bits per heavy atom. The van der Waals surface area contributed by atoms with Crippen molar-refractivity contribution in [3.63, 3.8) is 0 Å². The molecule has 0 radical (unpaired) electrons. The van der Waals surface area contributed by atoms with E-state index in [1.807, 2.05) is 24.7 Å². The van der Waals surface area contributed by atoms with Crippen LogP contribution in [0.3, 0.4) is 0 Å². The quantitative estimate of drug-likeness (QED) is 0.863. The van der Waals surface area contributed by atoms with Crippen molar-refractivity contribution in [2.45, 2.75) is 18.9 Å². The second-order valence-electron chi connectivity index (χ2n) is 4.80. The fourth-order valence-corrected chi connectivity index (χ4v) is 2.51. The summed E-state index contributed by atoms with van der Waals surface area (Å²) in [5.41, 5.74) is 2.48. The molecule has 0 amide bonds. The van der Waals surface area contributed by atoms with Gasteiger partial charge < -0.3 is 15.0 Å². The van der Waals surface area contributed by atoms with Crippen molar-refractivity contribution in [2.24, 2.45) is 0 Å². The molecule has 1 aliphatic heterocycles. The number of imidazole rings is 1. The predicted octanol–water partition coefficient (Wildman–Crippen LogP) is 1.71. The lowest BCUT2D eigenvalue weighted by molar-refractivity contribution is 0.475. The van der Waals surface area contributed by atoms with Crippen molar-refractivity contribution >= 4 is 0 Å². The van der Waals surface area contributed by atoms with Crippen molar-refractivity contribution in [3.8, 4) is 5.75 Å². The smallest absolute Gasteiger partial charge is 0.115 e. The number of phenols is 1. The average molecular weight is 243 g/mol. The minimum absolute atomic E-state index is 0.310. The van der Waals surface area contributed by atoms with Crippen molar-refractivity contribution < 1.29 is 5.11 Å². The number of aromatic hydroxyl groups is 1. The van der Waals surface area contributed by atoms with Crippen molar-refractivity contribution in [1.29, 1.82) is 0 Å². The van der Waals surface area contributed by atoms with E-state index in [2.05, 4.69) is 14.9 Å². The fourth-order valence-electron chi connectivity index (χ4n) is 2.51. The molecule has 1 unspecified atom stereocenters. The SMILES string of the molecule is Oc1ccc(Cn2cncc2C2CCNC2)cc1. The van der Waals surface area contributed by atoms with Crippen molar-refractivity contribution in [2.75, 3.05) is 13.1 Å². The normalized spacial score (nSPS) is 19.2. The van der Waals surface area contributed by atoms with Gasteiger partial charge in [0.2, 0.25) is 0 Å². The second-order valence-corrected chi connectivity index (χ2v) is 4.80. The lowest BCUT2D eigenvalue weighted by Gasteiger charge is -2.12. The van der Waals surface area contributed by atoms with Gasteiger partial charge in [0.1, 0.15) is 5.75 Å². The summed E-state index contributed by atoms with van der Waals surface area (Å²) >= 11 is 0. The van der Waals surface area contributed by atoms with Gasteiger partial charge in [-0.1, -0.05) is 12.1 Å². The predicted molar refractivity (Wildman–Crippen MR) is 69.7 cm³/mol. The molecule has 1 saturated heterocycles. The van der Waals surface area contributed by atoms with Crippen LogP contribution in [0.1, 0.15) is 23.6 Å². The van der Waals surface area contributed by atoms with Gasteiger partial charge in [0, 0.05) is 30.9 Å².